The first-order chi connectivity index (χ1) is 31.1. The van der Waals surface area contributed by atoms with E-state index < -0.39 is 11.9 Å². The number of piperazine rings is 1. The third-order valence-corrected chi connectivity index (χ3v) is 12.5. The van der Waals surface area contributed by atoms with Crippen molar-refractivity contribution < 1.29 is 24.0 Å². The largest absolute Gasteiger partial charge is 0.368 e. The number of carbonyl (C=O) groups is 5. The van der Waals surface area contributed by atoms with Gasteiger partial charge in [0.25, 0.3) is 11.8 Å². The number of hydrogen-bond donors (Lipinski definition) is 6. The van der Waals surface area contributed by atoms with Gasteiger partial charge in [-0.25, -0.2) is 9.78 Å². The van der Waals surface area contributed by atoms with Gasteiger partial charge in [0.05, 0.1) is 17.4 Å². The maximum absolute atomic E-state index is 13.3. The highest BCUT2D eigenvalue weighted by atomic mass is 35.5. The number of piperidine rings is 1. The van der Waals surface area contributed by atoms with E-state index in [0.29, 0.717) is 72.1 Å². The number of para-hydroxylation sites is 1. The molecule has 4 aliphatic rings. The van der Waals surface area contributed by atoms with Gasteiger partial charge in [0, 0.05) is 87.2 Å². The molecule has 1 aromatic heterocycles. The Morgan fingerprint density at radius 3 is 2.42 bits per heavy atom. The summed E-state index contributed by atoms with van der Waals surface area (Å²) in [5.74, 6) is 6.09. The van der Waals surface area contributed by atoms with Crippen LogP contribution in [-0.4, -0.2) is 107 Å². The highest BCUT2D eigenvalue weighted by Gasteiger charge is 2.39. The van der Waals surface area contributed by atoms with Gasteiger partial charge in [-0.05, 0) is 99.2 Å². The molecule has 1 unspecified atom stereocenters. The Hall–Kier alpha value is -6.70. The number of halogens is 1. The van der Waals surface area contributed by atoms with Crippen LogP contribution in [0.1, 0.15) is 83.2 Å². The summed E-state index contributed by atoms with van der Waals surface area (Å²) in [6.07, 6.45) is 7.52. The fourth-order valence-corrected chi connectivity index (χ4v) is 8.81. The lowest BCUT2D eigenvalue weighted by Crippen LogP contribution is -2.54. The number of carbonyl (C=O) groups excluding carboxylic acids is 5. The monoisotopic (exact) mass is 885 g/mol. The maximum Gasteiger partial charge on any atom is 0.317 e. The fraction of sp³-hybridized carbons (Fsp3) is 0.383. The van der Waals surface area contributed by atoms with Gasteiger partial charge in [-0.2, -0.15) is 4.98 Å². The third kappa shape index (κ3) is 10.4. The third-order valence-electron chi connectivity index (χ3n) is 12.2. The van der Waals surface area contributed by atoms with E-state index in [0.717, 1.165) is 74.2 Å². The average Bonchev–Trinajstić information content (AvgIpc) is 3.65. The Bertz CT molecular complexity index is 2460. The van der Waals surface area contributed by atoms with Gasteiger partial charge in [0.2, 0.25) is 17.8 Å². The number of rotatable bonds is 12. The molecule has 6 N–H and O–H groups in total. The highest BCUT2D eigenvalue weighted by molar-refractivity contribution is 6.33. The van der Waals surface area contributed by atoms with Gasteiger partial charge in [-0.15, -0.1) is 0 Å². The van der Waals surface area contributed by atoms with Gasteiger partial charge in [0.15, 0.2) is 5.82 Å². The molecule has 0 bridgehead atoms. The van der Waals surface area contributed by atoms with Gasteiger partial charge in [-0.3, -0.25) is 24.5 Å². The summed E-state index contributed by atoms with van der Waals surface area (Å²) in [5, 5.41) is 18.6. The van der Waals surface area contributed by atoms with Crippen LogP contribution in [0, 0.1) is 11.8 Å². The molecule has 332 valence electrons. The second kappa shape index (κ2) is 20.2. The molecular formula is C47H52ClN11O5. The number of nitrogens with zero attached hydrogens (tertiary/aromatic N) is 5. The van der Waals surface area contributed by atoms with Gasteiger partial charge < -0.3 is 41.3 Å². The molecule has 64 heavy (non-hydrogen) atoms. The quantitative estimate of drug-likeness (QED) is 0.0615. The zero-order valence-electron chi connectivity index (χ0n) is 35.7. The van der Waals surface area contributed by atoms with Crippen LogP contribution in [0.5, 0.6) is 0 Å². The Labute approximate surface area is 377 Å². The lowest BCUT2D eigenvalue weighted by atomic mass is 9.91. The number of imide groups is 1. The van der Waals surface area contributed by atoms with Crippen LogP contribution in [0.2, 0.25) is 5.02 Å². The van der Waals surface area contributed by atoms with E-state index in [1.807, 2.05) is 47.4 Å². The SMILES string of the molecule is CNC(=O)c1ccccc1Nc1nc(Nc2ccc(N3CCN(C(=O)NC4CCC(NCCCC#Cc5cccc6c5CN(C5CCC(=O)NC5=O)C6=O)CC4)CC3)cc2)ncc1Cl. The molecule has 6 amide bonds. The number of unbranched alkanes of at least 4 members (excludes halogenated alkanes) is 1. The molecule has 1 aliphatic carbocycles. The summed E-state index contributed by atoms with van der Waals surface area (Å²) in [4.78, 5) is 77.4. The van der Waals surface area contributed by atoms with E-state index >= 15 is 0 Å². The van der Waals surface area contributed by atoms with Crippen molar-refractivity contribution in [2.45, 2.75) is 76.0 Å². The number of fused-ring (bicyclic) bond motifs is 1. The second-order valence-electron chi connectivity index (χ2n) is 16.4. The first-order valence-electron chi connectivity index (χ1n) is 21.9. The summed E-state index contributed by atoms with van der Waals surface area (Å²) in [6, 6.07) is 20.5. The van der Waals surface area contributed by atoms with Crippen molar-refractivity contribution in [1.29, 1.82) is 0 Å². The van der Waals surface area contributed by atoms with Gasteiger partial charge >= 0.3 is 6.03 Å². The predicted octanol–water partition coefficient (Wildman–Crippen LogP) is 5.30. The maximum atomic E-state index is 13.3. The Morgan fingerprint density at radius 1 is 0.891 bits per heavy atom. The number of nitrogens with one attached hydrogen (secondary N) is 6. The number of benzene rings is 3. The number of urea groups is 1. The highest BCUT2D eigenvalue weighted by Crippen LogP contribution is 2.31. The zero-order valence-corrected chi connectivity index (χ0v) is 36.5. The number of hydrogen-bond acceptors (Lipinski definition) is 11. The first kappa shape index (κ1) is 43.9. The number of anilines is 5. The van der Waals surface area contributed by atoms with E-state index in [1.54, 1.807) is 36.2 Å². The lowest BCUT2D eigenvalue weighted by Gasteiger charge is -2.37. The van der Waals surface area contributed by atoms with Crippen LogP contribution in [0.4, 0.5) is 33.6 Å². The Balaban J connectivity index is 0.722. The summed E-state index contributed by atoms with van der Waals surface area (Å²) in [5.41, 5.74) is 5.10. The zero-order chi connectivity index (χ0) is 44.6. The molecule has 17 heteroatoms. The number of aromatic nitrogens is 2. The Morgan fingerprint density at radius 2 is 1.66 bits per heavy atom. The molecule has 3 aliphatic heterocycles. The van der Waals surface area contributed by atoms with Crippen molar-refractivity contribution in [1.82, 2.24) is 41.0 Å². The summed E-state index contributed by atoms with van der Waals surface area (Å²) >= 11 is 6.41. The topological polar surface area (TPSA) is 193 Å². The normalized spacial score (nSPS) is 19.6. The van der Waals surface area contributed by atoms with Crippen molar-refractivity contribution in [3.63, 3.8) is 0 Å². The molecule has 0 spiro atoms. The molecule has 8 rings (SSSR count). The minimum absolute atomic E-state index is 0.000212. The van der Waals surface area contributed by atoms with Gasteiger partial charge in [0.1, 0.15) is 11.1 Å². The van der Waals surface area contributed by atoms with Crippen LogP contribution in [0.25, 0.3) is 0 Å². The molecule has 4 aromatic rings. The second-order valence-corrected chi connectivity index (χ2v) is 16.8. The van der Waals surface area contributed by atoms with Crippen molar-refractivity contribution >= 4 is 70.1 Å². The average molecular weight is 886 g/mol. The van der Waals surface area contributed by atoms with E-state index in [1.165, 1.54) is 6.20 Å². The van der Waals surface area contributed by atoms with Crippen molar-refractivity contribution in [3.8, 4) is 11.8 Å². The van der Waals surface area contributed by atoms with Crippen molar-refractivity contribution in [2.75, 3.05) is 55.3 Å². The Kier molecular flexibility index (Phi) is 13.9. The summed E-state index contributed by atoms with van der Waals surface area (Å²) in [6.45, 7) is 3.88. The summed E-state index contributed by atoms with van der Waals surface area (Å²) in [7, 11) is 1.58. The molecule has 1 atom stereocenters. The van der Waals surface area contributed by atoms with E-state index in [-0.39, 0.29) is 36.2 Å². The lowest BCUT2D eigenvalue weighted by molar-refractivity contribution is -0.136. The molecule has 16 nitrogen and oxygen atoms in total. The minimum atomic E-state index is -0.645. The van der Waals surface area contributed by atoms with E-state index in [2.05, 4.69) is 58.6 Å². The van der Waals surface area contributed by atoms with Crippen molar-refractivity contribution in [3.05, 3.63) is 100 Å². The molecular weight excluding hydrogens is 834 g/mol. The summed E-state index contributed by atoms with van der Waals surface area (Å²) < 4.78 is 0. The van der Waals surface area contributed by atoms with E-state index in [9.17, 15) is 24.0 Å². The molecule has 1 saturated carbocycles. The van der Waals surface area contributed by atoms with Gasteiger partial charge in [-0.1, -0.05) is 41.6 Å². The fourth-order valence-electron chi connectivity index (χ4n) is 8.67. The van der Waals surface area contributed by atoms with Crippen LogP contribution in [0.3, 0.4) is 0 Å². The van der Waals surface area contributed by atoms with Crippen LogP contribution >= 0.6 is 11.6 Å². The predicted molar refractivity (Wildman–Crippen MR) is 245 cm³/mol. The van der Waals surface area contributed by atoms with E-state index in [4.69, 9.17) is 11.6 Å². The number of amides is 6. The molecule has 2 saturated heterocycles. The first-order valence-corrected chi connectivity index (χ1v) is 22.3. The molecule has 0 radical (unpaired) electrons. The van der Waals surface area contributed by atoms with Crippen molar-refractivity contribution in [2.24, 2.45) is 0 Å². The van der Waals surface area contributed by atoms with Crippen LogP contribution < -0.4 is 36.8 Å². The van der Waals surface area contributed by atoms with Crippen LogP contribution in [0.15, 0.2) is 72.9 Å². The molecule has 3 aromatic carbocycles. The van der Waals surface area contributed by atoms with Crippen LogP contribution in [-0.2, 0) is 16.1 Å². The standard InChI is InChI=1S/C47H52ClN11O5/c1-49-43(61)36-10-4-5-12-39(36)54-42-38(48)28-51-46(56-42)52-32-17-19-34(20-18-32)57-24-26-58(27-25-57)47(64)53-33-15-13-31(14-16-33)50-23-6-2-3-8-30-9-7-11-35-37(30)29-59(45(35)63)40-21-22-41(60)55-44(40)62/h4-5,7,9-12,17-20,28,31,33,40,50H,2,6,13-16,21-27,29H2,1H3,(H,49,61)(H,53,64)(H,55,60,62)(H2,51,52,54,56). The molecule has 4 heterocycles. The minimum Gasteiger partial charge on any atom is -0.368 e. The molecule has 3 fully saturated rings. The smallest absolute Gasteiger partial charge is 0.317 e.